The molecule has 1 unspecified atom stereocenters. The van der Waals surface area contributed by atoms with Gasteiger partial charge in [0.2, 0.25) is 0 Å². The molecule has 1 aliphatic heterocycles. The van der Waals surface area contributed by atoms with Gasteiger partial charge in [-0.05, 0) is 60.7 Å². The Morgan fingerprint density at radius 1 is 1.22 bits per heavy atom. The van der Waals surface area contributed by atoms with E-state index in [4.69, 9.17) is 11.6 Å². The number of halogens is 1. The summed E-state index contributed by atoms with van der Waals surface area (Å²) >= 11 is 6.23. The number of fused-ring (bicyclic) bond motifs is 1. The van der Waals surface area contributed by atoms with Crippen molar-refractivity contribution in [1.29, 1.82) is 0 Å². The molecule has 1 atom stereocenters. The smallest absolute Gasteiger partial charge is 0.262 e. The number of sulfonamides is 1. The molecule has 1 aliphatic carbocycles. The number of rotatable bonds is 6. The Balaban J connectivity index is 1.37. The summed E-state index contributed by atoms with van der Waals surface area (Å²) < 4.78 is 28.8. The SMILES string of the molecule is CNC1(Cc2cccc(Cl)c2)CCc2ccc(C3CN(S(=O)(=O)c4cn(C)cn4)C3)cc21. The monoisotopic (exact) mass is 470 g/mol. The molecule has 0 amide bonds. The van der Waals surface area contributed by atoms with Crippen molar-refractivity contribution in [2.45, 2.75) is 35.7 Å². The lowest BCUT2D eigenvalue weighted by molar-refractivity contribution is 0.263. The predicted octanol–water partition coefficient (Wildman–Crippen LogP) is 3.47. The van der Waals surface area contributed by atoms with E-state index in [1.165, 1.54) is 32.9 Å². The van der Waals surface area contributed by atoms with Gasteiger partial charge in [0.1, 0.15) is 0 Å². The maximum atomic E-state index is 12.8. The van der Waals surface area contributed by atoms with Crippen molar-refractivity contribution >= 4 is 21.6 Å². The number of likely N-dealkylation sites (N-methyl/N-ethyl adjacent to an activating group) is 1. The summed E-state index contributed by atoms with van der Waals surface area (Å²) in [5.41, 5.74) is 4.95. The average molecular weight is 471 g/mol. The zero-order chi connectivity index (χ0) is 22.5. The summed E-state index contributed by atoms with van der Waals surface area (Å²) in [6.07, 6.45) is 5.99. The minimum Gasteiger partial charge on any atom is -0.339 e. The highest BCUT2D eigenvalue weighted by molar-refractivity contribution is 7.89. The molecule has 1 N–H and O–H groups in total. The van der Waals surface area contributed by atoms with E-state index in [-0.39, 0.29) is 16.5 Å². The van der Waals surface area contributed by atoms with Gasteiger partial charge in [-0.3, -0.25) is 0 Å². The van der Waals surface area contributed by atoms with Crippen LogP contribution in [0.2, 0.25) is 5.02 Å². The molecule has 1 fully saturated rings. The first-order valence-electron chi connectivity index (χ1n) is 10.9. The number of hydrogen-bond donors (Lipinski definition) is 1. The van der Waals surface area contributed by atoms with E-state index in [1.807, 2.05) is 25.2 Å². The molecule has 0 spiro atoms. The molecule has 168 valence electrons. The van der Waals surface area contributed by atoms with Crippen molar-refractivity contribution in [3.63, 3.8) is 0 Å². The van der Waals surface area contributed by atoms with Gasteiger partial charge in [-0.15, -0.1) is 0 Å². The number of aromatic nitrogens is 2. The number of nitrogens with zero attached hydrogens (tertiary/aromatic N) is 3. The predicted molar refractivity (Wildman–Crippen MR) is 125 cm³/mol. The fourth-order valence-electron chi connectivity index (χ4n) is 5.02. The lowest BCUT2D eigenvalue weighted by Crippen LogP contribution is -2.48. The number of hydrogen-bond acceptors (Lipinski definition) is 4. The number of nitrogens with one attached hydrogen (secondary N) is 1. The molecule has 1 saturated heterocycles. The first-order chi connectivity index (χ1) is 15.3. The Kier molecular flexibility index (Phi) is 5.40. The molecule has 0 bridgehead atoms. The van der Waals surface area contributed by atoms with Crippen LogP contribution in [0, 0.1) is 0 Å². The molecule has 8 heteroatoms. The van der Waals surface area contributed by atoms with E-state index in [1.54, 1.807) is 17.8 Å². The summed E-state index contributed by atoms with van der Waals surface area (Å²) in [5.74, 6) is 0.195. The third kappa shape index (κ3) is 3.67. The van der Waals surface area contributed by atoms with Gasteiger partial charge in [0, 0.05) is 42.8 Å². The van der Waals surface area contributed by atoms with Crippen LogP contribution in [0.1, 0.15) is 34.6 Å². The first-order valence-corrected chi connectivity index (χ1v) is 12.7. The summed E-state index contributed by atoms with van der Waals surface area (Å²) in [4.78, 5) is 4.03. The second-order valence-corrected chi connectivity index (χ2v) is 11.3. The molecular formula is C24H27ClN4O2S. The van der Waals surface area contributed by atoms with Crippen LogP contribution in [0.15, 0.2) is 60.0 Å². The van der Waals surface area contributed by atoms with Gasteiger partial charge >= 0.3 is 0 Å². The molecule has 6 nitrogen and oxygen atoms in total. The van der Waals surface area contributed by atoms with E-state index >= 15 is 0 Å². The van der Waals surface area contributed by atoms with Crippen molar-refractivity contribution in [3.8, 4) is 0 Å². The fraction of sp³-hybridized carbons (Fsp3) is 0.375. The van der Waals surface area contributed by atoms with Crippen LogP contribution in [0.25, 0.3) is 0 Å². The second-order valence-electron chi connectivity index (χ2n) is 8.95. The van der Waals surface area contributed by atoms with Crippen LogP contribution in [0.4, 0.5) is 0 Å². The molecule has 3 aromatic rings. The van der Waals surface area contributed by atoms with E-state index in [2.05, 4.69) is 34.6 Å². The average Bonchev–Trinajstić information content (AvgIpc) is 3.32. The Bertz CT molecular complexity index is 1270. The molecule has 2 aliphatic rings. The molecule has 5 rings (SSSR count). The summed E-state index contributed by atoms with van der Waals surface area (Å²) in [5, 5.41) is 4.47. The molecule has 2 aromatic carbocycles. The van der Waals surface area contributed by atoms with Crippen LogP contribution in [0.3, 0.4) is 0 Å². The molecule has 0 radical (unpaired) electrons. The zero-order valence-corrected chi connectivity index (χ0v) is 19.8. The quantitative estimate of drug-likeness (QED) is 0.599. The molecule has 2 heterocycles. The maximum Gasteiger partial charge on any atom is 0.262 e. The van der Waals surface area contributed by atoms with Gasteiger partial charge in [0.05, 0.1) is 6.33 Å². The van der Waals surface area contributed by atoms with E-state index in [9.17, 15) is 8.42 Å². The maximum absolute atomic E-state index is 12.8. The Hall–Kier alpha value is -2.19. The van der Waals surface area contributed by atoms with Crippen molar-refractivity contribution in [2.75, 3.05) is 20.1 Å². The summed E-state index contributed by atoms with van der Waals surface area (Å²) in [6, 6.07) is 14.7. The van der Waals surface area contributed by atoms with E-state index in [0.29, 0.717) is 13.1 Å². The minimum absolute atomic E-state index is 0.114. The van der Waals surface area contributed by atoms with Crippen LogP contribution >= 0.6 is 11.6 Å². The third-order valence-electron chi connectivity index (χ3n) is 6.95. The van der Waals surface area contributed by atoms with Crippen molar-refractivity contribution in [2.24, 2.45) is 7.05 Å². The first kappa shape index (κ1) is 21.6. The standard InChI is InChI=1S/C24H27ClN4O2S/c1-26-24(12-17-4-3-5-21(25)10-17)9-8-18-6-7-19(11-22(18)24)20-13-29(14-20)32(30,31)23-15-28(2)16-27-23/h3-7,10-11,15-16,20,26H,8-9,12-14H2,1-2H3. The second kappa shape index (κ2) is 7.99. The highest BCUT2D eigenvalue weighted by atomic mass is 35.5. The summed E-state index contributed by atoms with van der Waals surface area (Å²) in [6.45, 7) is 0.969. The van der Waals surface area contributed by atoms with E-state index in [0.717, 1.165) is 24.3 Å². The topological polar surface area (TPSA) is 67.2 Å². The Labute approximate surface area is 194 Å². The highest BCUT2D eigenvalue weighted by Crippen LogP contribution is 2.42. The van der Waals surface area contributed by atoms with Crippen LogP contribution in [0.5, 0.6) is 0 Å². The lowest BCUT2D eigenvalue weighted by atomic mass is 9.82. The molecule has 32 heavy (non-hydrogen) atoms. The fourth-order valence-corrected chi connectivity index (χ4v) is 6.73. The van der Waals surface area contributed by atoms with Crippen LogP contribution in [-0.2, 0) is 35.5 Å². The molecular weight excluding hydrogens is 444 g/mol. The zero-order valence-electron chi connectivity index (χ0n) is 18.3. The van der Waals surface area contributed by atoms with Crippen molar-refractivity contribution < 1.29 is 8.42 Å². The van der Waals surface area contributed by atoms with Gasteiger partial charge in [0.25, 0.3) is 10.0 Å². The van der Waals surface area contributed by atoms with Crippen LogP contribution < -0.4 is 5.32 Å². The van der Waals surface area contributed by atoms with Crippen LogP contribution in [-0.4, -0.2) is 42.4 Å². The lowest BCUT2D eigenvalue weighted by Gasteiger charge is -2.38. The van der Waals surface area contributed by atoms with Gasteiger partial charge in [-0.2, -0.15) is 4.31 Å². The number of aryl methyl sites for hydroxylation is 2. The van der Waals surface area contributed by atoms with Gasteiger partial charge in [-0.1, -0.05) is 41.9 Å². The molecule has 0 saturated carbocycles. The highest BCUT2D eigenvalue weighted by Gasteiger charge is 2.41. The Morgan fingerprint density at radius 2 is 2.03 bits per heavy atom. The number of benzene rings is 2. The van der Waals surface area contributed by atoms with Gasteiger partial charge in [0.15, 0.2) is 5.03 Å². The Morgan fingerprint density at radius 3 is 2.72 bits per heavy atom. The number of imidazole rings is 1. The normalized spacial score (nSPS) is 21.5. The largest absolute Gasteiger partial charge is 0.339 e. The third-order valence-corrected chi connectivity index (χ3v) is 8.90. The van der Waals surface area contributed by atoms with E-state index < -0.39 is 10.0 Å². The van der Waals surface area contributed by atoms with Crippen molar-refractivity contribution in [3.05, 3.63) is 82.3 Å². The minimum atomic E-state index is -3.53. The van der Waals surface area contributed by atoms with Gasteiger partial charge in [-0.25, -0.2) is 13.4 Å². The van der Waals surface area contributed by atoms with Gasteiger partial charge < -0.3 is 9.88 Å². The summed E-state index contributed by atoms with van der Waals surface area (Å²) in [7, 11) is 0.266. The van der Waals surface area contributed by atoms with Crippen molar-refractivity contribution in [1.82, 2.24) is 19.2 Å². The molecule has 1 aromatic heterocycles.